The van der Waals surface area contributed by atoms with E-state index in [0.29, 0.717) is 17.9 Å². The summed E-state index contributed by atoms with van der Waals surface area (Å²) in [5.74, 6) is 0.465. The van der Waals surface area contributed by atoms with E-state index in [4.69, 9.17) is 15.2 Å². The van der Waals surface area contributed by atoms with Crippen molar-refractivity contribution in [3.05, 3.63) is 53.6 Å². The monoisotopic (exact) mass is 358 g/mol. The van der Waals surface area contributed by atoms with Crippen molar-refractivity contribution in [1.82, 2.24) is 5.32 Å². The lowest BCUT2D eigenvalue weighted by Crippen LogP contribution is -2.47. The summed E-state index contributed by atoms with van der Waals surface area (Å²) >= 11 is 0. The van der Waals surface area contributed by atoms with E-state index in [1.54, 1.807) is 6.07 Å². The summed E-state index contributed by atoms with van der Waals surface area (Å²) in [5.41, 5.74) is 5.69. The molecule has 7 nitrogen and oxygen atoms in total. The fraction of sp³-hybridized carbons (Fsp3) is 0.316. The Kier molecular flexibility index (Phi) is 5.29. The fourth-order valence-corrected chi connectivity index (χ4v) is 2.79. The number of primary amides is 1. The van der Waals surface area contributed by atoms with E-state index in [1.807, 2.05) is 31.2 Å². The average Bonchev–Trinajstić information content (AvgIpc) is 2.65. The number of aliphatic hydroxyl groups is 1. The maximum Gasteiger partial charge on any atom is 0.252 e. The third-order valence-electron chi connectivity index (χ3n) is 4.39. The van der Waals surface area contributed by atoms with Gasteiger partial charge in [-0.1, -0.05) is 18.2 Å². The zero-order chi connectivity index (χ0) is 18.7. The van der Waals surface area contributed by atoms with Crippen LogP contribution in [0, 0.1) is 0 Å². The van der Waals surface area contributed by atoms with Crippen LogP contribution in [-0.2, 0) is 0 Å². The van der Waals surface area contributed by atoms with Crippen molar-refractivity contribution in [2.75, 3.05) is 13.2 Å². The third kappa shape index (κ3) is 3.89. The highest BCUT2D eigenvalue weighted by atomic mass is 16.6. The maximum absolute atomic E-state index is 11.3. The van der Waals surface area contributed by atoms with Crippen LogP contribution in [0.1, 0.15) is 28.9 Å². The minimum atomic E-state index is -0.868. The van der Waals surface area contributed by atoms with Crippen molar-refractivity contribution in [3.63, 3.8) is 0 Å². The molecule has 0 saturated heterocycles. The molecule has 26 heavy (non-hydrogen) atoms. The fourth-order valence-electron chi connectivity index (χ4n) is 2.79. The predicted molar refractivity (Wildman–Crippen MR) is 95.4 cm³/mol. The largest absolute Gasteiger partial charge is 0.507 e. The van der Waals surface area contributed by atoms with Crippen molar-refractivity contribution in [3.8, 4) is 17.2 Å². The number of rotatable bonds is 6. The lowest BCUT2D eigenvalue weighted by molar-refractivity contribution is 0.0612. The topological polar surface area (TPSA) is 114 Å². The van der Waals surface area contributed by atoms with E-state index < -0.39 is 12.0 Å². The Bertz CT molecular complexity index is 795. The second kappa shape index (κ2) is 7.63. The van der Waals surface area contributed by atoms with Crippen LogP contribution in [0.25, 0.3) is 0 Å². The van der Waals surface area contributed by atoms with Crippen LogP contribution in [0.3, 0.4) is 0 Å². The molecule has 1 amide bonds. The van der Waals surface area contributed by atoms with Gasteiger partial charge in [-0.15, -0.1) is 0 Å². The highest BCUT2D eigenvalue weighted by molar-refractivity contribution is 5.95. The van der Waals surface area contributed by atoms with Gasteiger partial charge in [0, 0.05) is 12.6 Å². The van der Waals surface area contributed by atoms with Gasteiger partial charge in [0.1, 0.15) is 18.5 Å². The molecular formula is C19H22N2O5. The number of para-hydroxylation sites is 2. The molecule has 2 aromatic rings. The first-order valence-corrected chi connectivity index (χ1v) is 8.38. The number of benzene rings is 2. The Labute approximate surface area is 151 Å². The summed E-state index contributed by atoms with van der Waals surface area (Å²) in [7, 11) is 0. The zero-order valence-corrected chi connectivity index (χ0v) is 14.4. The van der Waals surface area contributed by atoms with E-state index >= 15 is 0 Å². The van der Waals surface area contributed by atoms with E-state index in [0.717, 1.165) is 5.75 Å². The number of fused-ring (bicyclic) bond motifs is 1. The molecule has 0 spiro atoms. The maximum atomic E-state index is 11.3. The number of amides is 1. The van der Waals surface area contributed by atoms with E-state index in [-0.39, 0.29) is 30.0 Å². The normalized spacial score (nSPS) is 18.2. The quantitative estimate of drug-likeness (QED) is 0.620. The molecule has 3 rings (SSSR count). The van der Waals surface area contributed by atoms with Gasteiger partial charge in [-0.25, -0.2) is 0 Å². The lowest BCUT2D eigenvalue weighted by atomic mass is 10.0. The van der Waals surface area contributed by atoms with Gasteiger partial charge in [-0.3, -0.25) is 4.79 Å². The molecule has 7 heteroatoms. The molecule has 1 aliphatic heterocycles. The molecule has 5 N–H and O–H groups in total. The number of ether oxygens (including phenoxy) is 2. The van der Waals surface area contributed by atoms with Gasteiger partial charge in [0.25, 0.3) is 5.91 Å². The van der Waals surface area contributed by atoms with Gasteiger partial charge in [0.15, 0.2) is 11.5 Å². The van der Waals surface area contributed by atoms with Crippen LogP contribution in [0.15, 0.2) is 42.5 Å². The Morgan fingerprint density at radius 3 is 2.77 bits per heavy atom. The van der Waals surface area contributed by atoms with E-state index in [1.165, 1.54) is 12.1 Å². The molecule has 0 radical (unpaired) electrons. The Hall–Kier alpha value is -2.77. The SMILES string of the molecule is CC(NCC(O)c1ccc(O)c(C(N)=O)c1)C1COc2ccccc2O1. The van der Waals surface area contributed by atoms with Crippen molar-refractivity contribution in [2.24, 2.45) is 5.73 Å². The number of hydrogen-bond acceptors (Lipinski definition) is 6. The summed E-state index contributed by atoms with van der Waals surface area (Å²) in [5, 5.41) is 23.2. The van der Waals surface area contributed by atoms with Crippen molar-refractivity contribution < 1.29 is 24.5 Å². The summed E-state index contributed by atoms with van der Waals surface area (Å²) in [4.78, 5) is 11.3. The molecule has 1 aliphatic rings. The summed E-state index contributed by atoms with van der Waals surface area (Å²) in [6, 6.07) is 11.7. The van der Waals surface area contributed by atoms with Gasteiger partial charge in [0.05, 0.1) is 11.7 Å². The van der Waals surface area contributed by atoms with E-state index in [9.17, 15) is 15.0 Å². The van der Waals surface area contributed by atoms with E-state index in [2.05, 4.69) is 5.32 Å². The average molecular weight is 358 g/mol. The van der Waals surface area contributed by atoms with Gasteiger partial charge in [0.2, 0.25) is 0 Å². The Balaban J connectivity index is 1.59. The number of carbonyl (C=O) groups excluding carboxylic acids is 1. The van der Waals surface area contributed by atoms with Crippen molar-refractivity contribution >= 4 is 5.91 Å². The second-order valence-corrected chi connectivity index (χ2v) is 6.27. The number of aromatic hydroxyl groups is 1. The first-order chi connectivity index (χ1) is 12.5. The molecule has 3 atom stereocenters. The van der Waals surface area contributed by atoms with Crippen LogP contribution < -0.4 is 20.5 Å². The predicted octanol–water partition coefficient (Wildman–Crippen LogP) is 1.34. The molecular weight excluding hydrogens is 336 g/mol. The number of aliphatic hydroxyl groups excluding tert-OH is 1. The van der Waals surface area contributed by atoms with Gasteiger partial charge >= 0.3 is 0 Å². The number of nitrogens with two attached hydrogens (primary N) is 1. The van der Waals surface area contributed by atoms with Crippen LogP contribution in [0.4, 0.5) is 0 Å². The molecule has 0 aromatic heterocycles. The molecule has 0 bridgehead atoms. The number of hydrogen-bond donors (Lipinski definition) is 4. The van der Waals surface area contributed by atoms with Gasteiger partial charge in [-0.05, 0) is 36.8 Å². The standard InChI is InChI=1S/C19H22N2O5/c1-11(18-10-25-16-4-2-3-5-17(16)26-18)21-9-15(23)12-6-7-14(22)13(8-12)19(20)24/h2-8,11,15,18,21-23H,9-10H2,1H3,(H2,20,24). The van der Waals surface area contributed by atoms with Crippen LogP contribution in [0.5, 0.6) is 17.2 Å². The minimum absolute atomic E-state index is 0.0183. The molecule has 0 saturated carbocycles. The van der Waals surface area contributed by atoms with Crippen LogP contribution in [-0.4, -0.2) is 41.4 Å². The number of nitrogens with one attached hydrogen (secondary N) is 1. The molecule has 3 unspecified atom stereocenters. The molecule has 0 aliphatic carbocycles. The molecule has 0 fully saturated rings. The molecule has 2 aromatic carbocycles. The van der Waals surface area contributed by atoms with Gasteiger partial charge in [-0.2, -0.15) is 0 Å². The highest BCUT2D eigenvalue weighted by Crippen LogP contribution is 2.31. The minimum Gasteiger partial charge on any atom is -0.507 e. The summed E-state index contributed by atoms with van der Waals surface area (Å²) in [6.07, 6.45) is -1.06. The third-order valence-corrected chi connectivity index (χ3v) is 4.39. The first kappa shape index (κ1) is 18.0. The van der Waals surface area contributed by atoms with Crippen molar-refractivity contribution in [2.45, 2.75) is 25.2 Å². The van der Waals surface area contributed by atoms with Crippen LogP contribution in [0.2, 0.25) is 0 Å². The number of phenols is 1. The number of carbonyl (C=O) groups is 1. The zero-order valence-electron chi connectivity index (χ0n) is 14.4. The first-order valence-electron chi connectivity index (χ1n) is 8.38. The summed E-state index contributed by atoms with van der Waals surface area (Å²) in [6.45, 7) is 2.60. The molecule has 1 heterocycles. The Morgan fingerprint density at radius 1 is 1.31 bits per heavy atom. The Morgan fingerprint density at radius 2 is 2.04 bits per heavy atom. The second-order valence-electron chi connectivity index (χ2n) is 6.27. The van der Waals surface area contributed by atoms with Gasteiger partial charge < -0.3 is 30.7 Å². The van der Waals surface area contributed by atoms with Crippen LogP contribution >= 0.6 is 0 Å². The molecule has 138 valence electrons. The summed E-state index contributed by atoms with van der Waals surface area (Å²) < 4.78 is 11.6. The highest BCUT2D eigenvalue weighted by Gasteiger charge is 2.26. The lowest BCUT2D eigenvalue weighted by Gasteiger charge is -2.31. The smallest absolute Gasteiger partial charge is 0.252 e. The van der Waals surface area contributed by atoms with Crippen molar-refractivity contribution in [1.29, 1.82) is 0 Å².